The molecular weight excluding hydrogens is 496 g/mol. The fourth-order valence-corrected chi connectivity index (χ4v) is 5.23. The summed E-state index contributed by atoms with van der Waals surface area (Å²) < 4.78 is 0. The van der Waals surface area contributed by atoms with E-state index in [1.807, 2.05) is 6.07 Å². The molecule has 12 nitrogen and oxygen atoms in total. The Morgan fingerprint density at radius 1 is 1.37 bits per heavy atom. The fraction of sp³-hybridized carbons (Fsp3) is 0.190. The van der Waals surface area contributed by atoms with Gasteiger partial charge >= 0.3 is 11.9 Å². The van der Waals surface area contributed by atoms with Crippen LogP contribution < -0.4 is 11.1 Å². The highest BCUT2D eigenvalue weighted by Gasteiger charge is 2.54. The lowest BCUT2D eigenvalue weighted by Gasteiger charge is -2.49. The number of amides is 2. The molecule has 4 heterocycles. The highest BCUT2D eigenvalue weighted by molar-refractivity contribution is 8.00. The number of nitrogens with one attached hydrogen (secondary N) is 1. The van der Waals surface area contributed by atoms with Crippen molar-refractivity contribution in [3.63, 3.8) is 0 Å². The first-order valence-electron chi connectivity index (χ1n) is 10.0. The molecule has 0 unspecified atom stereocenters. The lowest BCUT2D eigenvalue weighted by atomic mass is 10.0. The van der Waals surface area contributed by atoms with Gasteiger partial charge in [0.05, 0.1) is 0 Å². The molecule has 180 valence electrons. The number of aliphatic carboxylic acids is 1. The summed E-state index contributed by atoms with van der Waals surface area (Å²) in [5.41, 5.74) is 6.43. The molecule has 4 N–H and O–H groups in total. The van der Waals surface area contributed by atoms with Gasteiger partial charge in [0.2, 0.25) is 0 Å². The molecule has 0 saturated carbocycles. The predicted molar refractivity (Wildman–Crippen MR) is 128 cm³/mol. The second-order valence-electron chi connectivity index (χ2n) is 7.25. The van der Waals surface area contributed by atoms with Gasteiger partial charge in [-0.25, -0.2) is 14.6 Å². The molecule has 2 aliphatic heterocycles. The van der Waals surface area contributed by atoms with Crippen molar-refractivity contribution in [1.29, 1.82) is 0 Å². The molecule has 0 bridgehead atoms. The van der Waals surface area contributed by atoms with Crippen LogP contribution in [0.2, 0.25) is 0 Å². The molecular formula is C21H18N6O6S2. The van der Waals surface area contributed by atoms with Gasteiger partial charge in [-0.2, -0.15) is 0 Å². The summed E-state index contributed by atoms with van der Waals surface area (Å²) in [6, 6.07) is 2.56. The Kier molecular flexibility index (Phi) is 6.93. The van der Waals surface area contributed by atoms with Crippen molar-refractivity contribution in [3.8, 4) is 0 Å². The number of thiazole rings is 1. The lowest BCUT2D eigenvalue weighted by molar-refractivity contribution is -0.150. The average molecular weight is 515 g/mol. The number of carbonyl (C=O) groups is 4. The van der Waals surface area contributed by atoms with E-state index in [2.05, 4.69) is 25.3 Å². The first-order chi connectivity index (χ1) is 16.8. The van der Waals surface area contributed by atoms with Crippen LogP contribution in [0.4, 0.5) is 5.13 Å². The number of oxime groups is 1. The van der Waals surface area contributed by atoms with Crippen LogP contribution in [0.1, 0.15) is 18.2 Å². The van der Waals surface area contributed by atoms with Gasteiger partial charge in [-0.3, -0.25) is 19.5 Å². The van der Waals surface area contributed by atoms with Gasteiger partial charge in [0.15, 0.2) is 10.8 Å². The lowest BCUT2D eigenvalue weighted by Crippen LogP contribution is -2.71. The minimum absolute atomic E-state index is 0.0696. The van der Waals surface area contributed by atoms with Crippen LogP contribution in [0.25, 0.3) is 6.08 Å². The van der Waals surface area contributed by atoms with E-state index >= 15 is 0 Å². The maximum Gasteiger partial charge on any atom is 0.352 e. The maximum absolute atomic E-state index is 12.9. The van der Waals surface area contributed by atoms with Gasteiger partial charge < -0.3 is 21.0 Å². The van der Waals surface area contributed by atoms with Crippen molar-refractivity contribution in [3.05, 3.63) is 58.5 Å². The zero-order chi connectivity index (χ0) is 25.1. The zero-order valence-electron chi connectivity index (χ0n) is 18.1. The van der Waals surface area contributed by atoms with E-state index in [1.54, 1.807) is 30.6 Å². The van der Waals surface area contributed by atoms with Gasteiger partial charge in [0.1, 0.15) is 22.8 Å². The number of nitrogen functional groups attached to an aromatic ring is 1. The fourth-order valence-electron chi connectivity index (χ4n) is 3.36. The molecule has 1 saturated heterocycles. The normalized spacial score (nSPS) is 19.9. The Morgan fingerprint density at radius 3 is 2.80 bits per heavy atom. The number of carboxylic acid groups (broad SMARTS) is 1. The number of allylic oxidation sites excluding steroid dienone is 1. The Bertz CT molecular complexity index is 1290. The van der Waals surface area contributed by atoms with Crippen molar-refractivity contribution < 1.29 is 29.1 Å². The molecule has 0 aromatic carbocycles. The summed E-state index contributed by atoms with van der Waals surface area (Å²) in [6.07, 6.45) is 6.60. The number of β-lactam (4-membered cyclic amide) rings is 1. The second kappa shape index (κ2) is 10.1. The van der Waals surface area contributed by atoms with Crippen molar-refractivity contribution in [2.75, 3.05) is 11.5 Å². The van der Waals surface area contributed by atoms with E-state index in [0.717, 1.165) is 28.7 Å². The number of rotatable bonds is 7. The van der Waals surface area contributed by atoms with E-state index in [1.165, 1.54) is 17.1 Å². The van der Waals surface area contributed by atoms with Gasteiger partial charge in [0.25, 0.3) is 11.8 Å². The van der Waals surface area contributed by atoms with Gasteiger partial charge in [-0.15, -0.1) is 23.1 Å². The third-order valence-electron chi connectivity index (χ3n) is 4.89. The third-order valence-corrected chi connectivity index (χ3v) is 6.87. The first-order valence-corrected chi connectivity index (χ1v) is 12.0. The standard InChI is InChI=1S/C21H18N6O6S2/c1-10(28)33-26-14(13-9-35-21(22)24-13)17(29)25-15-18(30)27-16(20(31)32)12(8-34-19(15)27)5-4-11-3-2-6-23-7-11/h2-7,9,15,19H,8H2,1H3,(H2,22,24)(H,25,29)(H,31,32)/b5-4-,26-14?/t15-,19-/m1/s1. The predicted octanol–water partition coefficient (Wildman–Crippen LogP) is 0.839. The van der Waals surface area contributed by atoms with Crippen molar-refractivity contribution >= 4 is 63.8 Å². The summed E-state index contributed by atoms with van der Waals surface area (Å²) in [7, 11) is 0. The highest BCUT2D eigenvalue weighted by Crippen LogP contribution is 2.40. The number of carbonyl (C=O) groups excluding carboxylic acids is 3. The summed E-state index contributed by atoms with van der Waals surface area (Å²) >= 11 is 2.36. The zero-order valence-corrected chi connectivity index (χ0v) is 19.7. The van der Waals surface area contributed by atoms with Crippen molar-refractivity contribution in [2.24, 2.45) is 5.16 Å². The maximum atomic E-state index is 12.9. The van der Waals surface area contributed by atoms with Crippen LogP contribution in [0.15, 0.2) is 52.4 Å². The molecule has 14 heteroatoms. The Hall–Kier alpha value is -4.04. The minimum atomic E-state index is -1.26. The van der Waals surface area contributed by atoms with E-state index in [4.69, 9.17) is 5.73 Å². The number of hydrogen-bond donors (Lipinski definition) is 3. The molecule has 2 aliphatic rings. The summed E-state index contributed by atoms with van der Waals surface area (Å²) in [6.45, 7) is 1.11. The number of anilines is 1. The second-order valence-corrected chi connectivity index (χ2v) is 9.25. The number of pyridine rings is 1. The number of thioether (sulfide) groups is 1. The van der Waals surface area contributed by atoms with Crippen LogP contribution >= 0.6 is 23.1 Å². The van der Waals surface area contributed by atoms with Gasteiger partial charge in [0, 0.05) is 30.5 Å². The van der Waals surface area contributed by atoms with E-state index < -0.39 is 35.2 Å². The quantitative estimate of drug-likeness (QED) is 0.208. The smallest absolute Gasteiger partial charge is 0.352 e. The average Bonchev–Trinajstić information content (AvgIpc) is 3.26. The van der Waals surface area contributed by atoms with Crippen molar-refractivity contribution in [1.82, 2.24) is 20.2 Å². The van der Waals surface area contributed by atoms with E-state index in [-0.39, 0.29) is 22.2 Å². The molecule has 4 rings (SSSR count). The van der Waals surface area contributed by atoms with E-state index in [9.17, 15) is 24.3 Å². The van der Waals surface area contributed by atoms with Crippen molar-refractivity contribution in [2.45, 2.75) is 18.3 Å². The Labute approximate surface area is 206 Å². The van der Waals surface area contributed by atoms with Crippen LogP contribution in [0.5, 0.6) is 0 Å². The largest absolute Gasteiger partial charge is 0.477 e. The number of nitrogens with zero attached hydrogens (tertiary/aromatic N) is 4. The molecule has 2 aromatic rings. The monoisotopic (exact) mass is 514 g/mol. The number of carboxylic acids is 1. The summed E-state index contributed by atoms with van der Waals surface area (Å²) in [4.78, 5) is 62.7. The van der Waals surface area contributed by atoms with E-state index in [0.29, 0.717) is 11.3 Å². The SMILES string of the molecule is CC(=O)ON=C(C(=O)N[C@@H]1C(=O)N2C(C(=O)O)=C(/C=C\c3cccnc3)CS[C@H]12)c1csc(N)n1. The molecule has 2 atom stereocenters. The molecule has 0 radical (unpaired) electrons. The highest BCUT2D eigenvalue weighted by atomic mass is 32.2. The summed E-state index contributed by atoms with van der Waals surface area (Å²) in [5, 5.41) is 16.9. The van der Waals surface area contributed by atoms with Gasteiger partial charge in [-0.05, 0) is 17.2 Å². The van der Waals surface area contributed by atoms with Gasteiger partial charge in [-0.1, -0.05) is 23.4 Å². The molecule has 35 heavy (non-hydrogen) atoms. The van der Waals surface area contributed by atoms with Crippen LogP contribution in [-0.4, -0.2) is 66.6 Å². The Morgan fingerprint density at radius 2 is 2.17 bits per heavy atom. The molecule has 0 spiro atoms. The van der Waals surface area contributed by atoms with Crippen LogP contribution in [0, 0.1) is 0 Å². The number of hydrogen-bond acceptors (Lipinski definition) is 11. The minimum Gasteiger partial charge on any atom is -0.477 e. The Balaban J connectivity index is 1.54. The number of nitrogens with two attached hydrogens (primary N) is 1. The van der Waals surface area contributed by atoms with Crippen LogP contribution in [0.3, 0.4) is 0 Å². The molecule has 2 aromatic heterocycles. The molecule has 2 amide bonds. The first kappa shape index (κ1) is 24.1. The third kappa shape index (κ3) is 5.07. The number of fused-ring (bicyclic) bond motifs is 1. The molecule has 1 fully saturated rings. The number of aromatic nitrogens is 2. The van der Waals surface area contributed by atoms with Crippen LogP contribution in [-0.2, 0) is 24.0 Å². The molecule has 0 aliphatic carbocycles. The summed E-state index contributed by atoms with van der Waals surface area (Å²) in [5.74, 6) is -3.12. The topological polar surface area (TPSA) is 177 Å².